The number of hydrogen-bond acceptors (Lipinski definition) is 4. The molecule has 28 heavy (non-hydrogen) atoms. The number of ketones is 1. The molecule has 0 amide bonds. The number of fused-ring (bicyclic) bond motifs is 1. The minimum atomic E-state index is -0.556. The summed E-state index contributed by atoms with van der Waals surface area (Å²) in [5.41, 5.74) is 3.15. The van der Waals surface area contributed by atoms with Gasteiger partial charge < -0.3 is 4.74 Å². The second-order valence-corrected chi connectivity index (χ2v) is 8.70. The topological polar surface area (TPSA) is 56.3 Å². The number of para-hydroxylation sites is 1. The van der Waals surface area contributed by atoms with E-state index in [1.807, 2.05) is 49.4 Å². The Hall–Kier alpha value is -2.53. The van der Waals surface area contributed by atoms with Gasteiger partial charge in [-0.15, -0.1) is 0 Å². The molecule has 4 nitrogen and oxygen atoms in total. The SMILES string of the molecule is Cc1cccc2c(C(=O)OCC(=O)C(C)(C)C)cc(-c3ccc(Br)cc3)nc12. The molecule has 0 radical (unpaired) electrons. The van der Waals surface area contributed by atoms with Gasteiger partial charge in [0.2, 0.25) is 0 Å². The first-order chi connectivity index (χ1) is 13.2. The van der Waals surface area contributed by atoms with Crippen molar-refractivity contribution in [3.63, 3.8) is 0 Å². The fourth-order valence-corrected chi connectivity index (χ4v) is 3.02. The summed E-state index contributed by atoms with van der Waals surface area (Å²) in [5, 5.41) is 0.717. The zero-order valence-corrected chi connectivity index (χ0v) is 18.0. The standard InChI is InChI=1S/C23H22BrNO3/c1-14-6-5-7-17-18(22(27)28-13-20(26)23(2,3)4)12-19(25-21(14)17)15-8-10-16(24)11-9-15/h5-12H,13H2,1-4H3. The van der Waals surface area contributed by atoms with E-state index in [0.717, 1.165) is 21.1 Å². The molecule has 1 aromatic heterocycles. The van der Waals surface area contributed by atoms with Crippen molar-refractivity contribution in [3.8, 4) is 11.3 Å². The molecule has 5 heteroatoms. The molecule has 3 aromatic rings. The van der Waals surface area contributed by atoms with E-state index in [1.54, 1.807) is 26.8 Å². The van der Waals surface area contributed by atoms with E-state index in [-0.39, 0.29) is 12.4 Å². The normalized spacial score (nSPS) is 11.5. The Kier molecular flexibility index (Phi) is 5.66. The van der Waals surface area contributed by atoms with Crippen LogP contribution in [0.3, 0.4) is 0 Å². The number of carbonyl (C=O) groups excluding carboxylic acids is 2. The van der Waals surface area contributed by atoms with Gasteiger partial charge >= 0.3 is 5.97 Å². The highest BCUT2D eigenvalue weighted by molar-refractivity contribution is 9.10. The van der Waals surface area contributed by atoms with Crippen molar-refractivity contribution in [1.29, 1.82) is 0 Å². The molecule has 0 spiro atoms. The number of esters is 1. The van der Waals surface area contributed by atoms with Crippen molar-refractivity contribution in [2.45, 2.75) is 27.7 Å². The molecule has 0 aliphatic carbocycles. The Labute approximate surface area is 173 Å². The third-order valence-corrected chi connectivity index (χ3v) is 5.10. The number of aryl methyl sites for hydroxylation is 1. The first-order valence-corrected chi connectivity index (χ1v) is 9.83. The van der Waals surface area contributed by atoms with Crippen LogP contribution in [0, 0.1) is 12.3 Å². The van der Waals surface area contributed by atoms with Crippen molar-refractivity contribution in [2.24, 2.45) is 5.41 Å². The third-order valence-electron chi connectivity index (χ3n) is 4.57. The highest BCUT2D eigenvalue weighted by atomic mass is 79.9. The molecule has 144 valence electrons. The van der Waals surface area contributed by atoms with Gasteiger partial charge in [0, 0.05) is 20.8 Å². The van der Waals surface area contributed by atoms with E-state index in [0.29, 0.717) is 16.6 Å². The quantitative estimate of drug-likeness (QED) is 0.485. The summed E-state index contributed by atoms with van der Waals surface area (Å²) in [5.74, 6) is -0.641. The minimum absolute atomic E-state index is 0.122. The number of carbonyl (C=O) groups is 2. The first-order valence-electron chi connectivity index (χ1n) is 9.03. The second kappa shape index (κ2) is 7.84. The van der Waals surface area contributed by atoms with Crippen LogP contribution in [0.25, 0.3) is 22.2 Å². The fourth-order valence-electron chi connectivity index (χ4n) is 2.75. The van der Waals surface area contributed by atoms with Crippen LogP contribution >= 0.6 is 15.9 Å². The molecule has 0 N–H and O–H groups in total. The number of halogens is 1. The Morgan fingerprint density at radius 2 is 1.75 bits per heavy atom. The van der Waals surface area contributed by atoms with Gasteiger partial charge in [-0.3, -0.25) is 4.79 Å². The monoisotopic (exact) mass is 439 g/mol. The largest absolute Gasteiger partial charge is 0.454 e. The summed E-state index contributed by atoms with van der Waals surface area (Å²) in [6, 6.07) is 15.2. The molecule has 0 aliphatic rings. The Morgan fingerprint density at radius 1 is 1.07 bits per heavy atom. The number of nitrogens with zero attached hydrogens (tertiary/aromatic N) is 1. The van der Waals surface area contributed by atoms with Crippen molar-refractivity contribution in [1.82, 2.24) is 4.98 Å². The Balaban J connectivity index is 2.05. The lowest BCUT2D eigenvalue weighted by molar-refractivity contribution is -0.129. The molecule has 0 saturated heterocycles. The van der Waals surface area contributed by atoms with Crippen molar-refractivity contribution in [2.75, 3.05) is 6.61 Å². The number of ether oxygens (including phenoxy) is 1. The predicted molar refractivity (Wildman–Crippen MR) is 114 cm³/mol. The predicted octanol–water partition coefficient (Wildman–Crippen LogP) is 5.74. The van der Waals surface area contributed by atoms with E-state index >= 15 is 0 Å². The van der Waals surface area contributed by atoms with Gasteiger partial charge in [0.1, 0.15) is 0 Å². The van der Waals surface area contributed by atoms with Crippen LogP contribution in [0.15, 0.2) is 53.0 Å². The molecule has 0 atom stereocenters. The minimum Gasteiger partial charge on any atom is -0.454 e. The van der Waals surface area contributed by atoms with Gasteiger partial charge in [-0.1, -0.05) is 67.0 Å². The van der Waals surface area contributed by atoms with Crippen LogP contribution in [0.4, 0.5) is 0 Å². The van der Waals surface area contributed by atoms with Crippen LogP contribution in [-0.2, 0) is 9.53 Å². The summed E-state index contributed by atoms with van der Waals surface area (Å²) >= 11 is 3.43. The zero-order valence-electron chi connectivity index (χ0n) is 16.4. The summed E-state index contributed by atoms with van der Waals surface area (Å²) in [6.45, 7) is 7.13. The molecule has 0 saturated carbocycles. The van der Waals surface area contributed by atoms with Gasteiger partial charge in [-0.2, -0.15) is 0 Å². The van der Waals surface area contributed by atoms with E-state index < -0.39 is 11.4 Å². The van der Waals surface area contributed by atoms with Crippen LogP contribution in [0.2, 0.25) is 0 Å². The molecule has 3 rings (SSSR count). The summed E-state index contributed by atoms with van der Waals surface area (Å²) in [6.07, 6.45) is 0. The van der Waals surface area contributed by atoms with E-state index in [1.165, 1.54) is 0 Å². The van der Waals surface area contributed by atoms with Gasteiger partial charge in [-0.25, -0.2) is 9.78 Å². The smallest absolute Gasteiger partial charge is 0.339 e. The number of pyridine rings is 1. The number of Topliss-reactive ketones (excluding diaryl/α,β-unsaturated/α-hetero) is 1. The van der Waals surface area contributed by atoms with Crippen molar-refractivity contribution < 1.29 is 14.3 Å². The Bertz CT molecular complexity index is 1050. The summed E-state index contributed by atoms with van der Waals surface area (Å²) in [4.78, 5) is 29.7. The molecule has 1 heterocycles. The van der Waals surface area contributed by atoms with Gasteiger partial charge in [0.25, 0.3) is 0 Å². The van der Waals surface area contributed by atoms with Gasteiger partial charge in [0.15, 0.2) is 12.4 Å². The molecular formula is C23H22BrNO3. The van der Waals surface area contributed by atoms with Crippen molar-refractivity contribution in [3.05, 3.63) is 64.1 Å². The van der Waals surface area contributed by atoms with E-state index in [9.17, 15) is 9.59 Å². The third kappa shape index (κ3) is 4.30. The molecule has 0 bridgehead atoms. The number of rotatable bonds is 4. The van der Waals surface area contributed by atoms with E-state index in [4.69, 9.17) is 9.72 Å². The fraction of sp³-hybridized carbons (Fsp3) is 0.261. The lowest BCUT2D eigenvalue weighted by Gasteiger charge is -2.17. The lowest BCUT2D eigenvalue weighted by Crippen LogP contribution is -2.26. The molecule has 0 unspecified atom stereocenters. The summed E-state index contributed by atoms with van der Waals surface area (Å²) in [7, 11) is 0. The van der Waals surface area contributed by atoms with Crippen LogP contribution < -0.4 is 0 Å². The van der Waals surface area contributed by atoms with Crippen LogP contribution in [0.5, 0.6) is 0 Å². The highest BCUT2D eigenvalue weighted by Gasteiger charge is 2.24. The Morgan fingerprint density at radius 3 is 2.39 bits per heavy atom. The summed E-state index contributed by atoms with van der Waals surface area (Å²) < 4.78 is 6.32. The lowest BCUT2D eigenvalue weighted by atomic mass is 9.91. The van der Waals surface area contributed by atoms with Gasteiger partial charge in [0.05, 0.1) is 16.8 Å². The van der Waals surface area contributed by atoms with E-state index in [2.05, 4.69) is 15.9 Å². The van der Waals surface area contributed by atoms with Crippen LogP contribution in [-0.4, -0.2) is 23.3 Å². The highest BCUT2D eigenvalue weighted by Crippen LogP contribution is 2.28. The maximum Gasteiger partial charge on any atom is 0.339 e. The van der Waals surface area contributed by atoms with Crippen LogP contribution in [0.1, 0.15) is 36.7 Å². The number of aromatic nitrogens is 1. The van der Waals surface area contributed by atoms with Gasteiger partial charge in [-0.05, 0) is 30.7 Å². The zero-order chi connectivity index (χ0) is 20.5. The maximum absolute atomic E-state index is 12.8. The molecule has 0 aliphatic heterocycles. The number of hydrogen-bond donors (Lipinski definition) is 0. The van der Waals surface area contributed by atoms with Crippen molar-refractivity contribution >= 4 is 38.6 Å². The first kappa shape index (κ1) is 20.2. The average molecular weight is 440 g/mol. The second-order valence-electron chi connectivity index (χ2n) is 7.78. The molecule has 2 aromatic carbocycles. The maximum atomic E-state index is 12.8. The number of benzene rings is 2. The molecule has 0 fully saturated rings. The average Bonchev–Trinajstić information content (AvgIpc) is 2.65. The molecular weight excluding hydrogens is 418 g/mol.